The Morgan fingerprint density at radius 3 is 2.06 bits per heavy atom. The van der Waals surface area contributed by atoms with Crippen LogP contribution in [0.2, 0.25) is 39.3 Å². The van der Waals surface area contributed by atoms with Crippen molar-refractivity contribution in [1.29, 1.82) is 0 Å². The van der Waals surface area contributed by atoms with E-state index in [1.807, 2.05) is 0 Å². The van der Waals surface area contributed by atoms with Crippen LogP contribution in [-0.4, -0.2) is 22.7 Å². The molecular formula is C12H26O2Si2. The Morgan fingerprint density at radius 1 is 1.06 bits per heavy atom. The highest BCUT2D eigenvalue weighted by molar-refractivity contribution is 6.70. The lowest BCUT2D eigenvalue weighted by Crippen LogP contribution is -2.33. The fraction of sp³-hybridized carbons (Fsp3) is 0.833. The van der Waals surface area contributed by atoms with E-state index in [9.17, 15) is 0 Å². The molecule has 0 aliphatic heterocycles. The highest BCUT2D eigenvalue weighted by Gasteiger charge is 2.25. The predicted molar refractivity (Wildman–Crippen MR) is 74.6 cm³/mol. The lowest BCUT2D eigenvalue weighted by molar-refractivity contribution is 0.171. The average Bonchev–Trinajstić information content (AvgIpc) is 2.03. The second kappa shape index (κ2) is 5.06. The summed E-state index contributed by atoms with van der Waals surface area (Å²) in [6.45, 7) is 13.5. The third-order valence-electron chi connectivity index (χ3n) is 2.28. The van der Waals surface area contributed by atoms with Crippen LogP contribution in [0.1, 0.15) is 19.3 Å². The fourth-order valence-corrected chi connectivity index (χ4v) is 4.07. The molecule has 0 spiro atoms. The Balaban J connectivity index is 2.43. The molecule has 1 rings (SSSR count). The van der Waals surface area contributed by atoms with Crippen LogP contribution in [0.15, 0.2) is 11.8 Å². The van der Waals surface area contributed by atoms with Gasteiger partial charge in [-0.1, -0.05) is 0 Å². The third kappa shape index (κ3) is 5.87. The summed E-state index contributed by atoms with van der Waals surface area (Å²) in [6, 6.07) is 0. The van der Waals surface area contributed by atoms with E-state index < -0.39 is 16.6 Å². The van der Waals surface area contributed by atoms with Crippen molar-refractivity contribution in [3.8, 4) is 0 Å². The molecule has 1 atom stereocenters. The molecule has 1 unspecified atom stereocenters. The zero-order valence-electron chi connectivity index (χ0n) is 11.6. The van der Waals surface area contributed by atoms with Gasteiger partial charge >= 0.3 is 0 Å². The van der Waals surface area contributed by atoms with Crippen LogP contribution < -0.4 is 0 Å². The van der Waals surface area contributed by atoms with Crippen molar-refractivity contribution in [2.45, 2.75) is 64.6 Å². The summed E-state index contributed by atoms with van der Waals surface area (Å²) in [5.74, 6) is 1.20. The molecule has 16 heavy (non-hydrogen) atoms. The van der Waals surface area contributed by atoms with Crippen molar-refractivity contribution in [3.63, 3.8) is 0 Å². The van der Waals surface area contributed by atoms with E-state index in [0.29, 0.717) is 6.10 Å². The third-order valence-corrected chi connectivity index (χ3v) is 4.19. The van der Waals surface area contributed by atoms with Crippen molar-refractivity contribution >= 4 is 16.6 Å². The van der Waals surface area contributed by atoms with Gasteiger partial charge in [0.2, 0.25) is 8.32 Å². The normalized spacial score (nSPS) is 22.9. The van der Waals surface area contributed by atoms with Crippen LogP contribution in [-0.2, 0) is 8.85 Å². The molecule has 1 aliphatic carbocycles. The van der Waals surface area contributed by atoms with Gasteiger partial charge in [0.25, 0.3) is 0 Å². The van der Waals surface area contributed by atoms with Crippen LogP contribution in [0.5, 0.6) is 0 Å². The van der Waals surface area contributed by atoms with Crippen LogP contribution >= 0.6 is 0 Å². The number of hydrogen-bond donors (Lipinski definition) is 0. The highest BCUT2D eigenvalue weighted by atomic mass is 28.4. The fourth-order valence-electron chi connectivity index (χ4n) is 1.88. The summed E-state index contributed by atoms with van der Waals surface area (Å²) < 4.78 is 12.1. The van der Waals surface area contributed by atoms with E-state index in [0.717, 1.165) is 19.3 Å². The van der Waals surface area contributed by atoms with Crippen LogP contribution in [0.4, 0.5) is 0 Å². The Labute approximate surface area is 102 Å². The lowest BCUT2D eigenvalue weighted by atomic mass is 10.0. The average molecular weight is 259 g/mol. The summed E-state index contributed by atoms with van der Waals surface area (Å²) >= 11 is 0. The molecule has 0 saturated heterocycles. The zero-order valence-corrected chi connectivity index (χ0v) is 13.6. The summed E-state index contributed by atoms with van der Waals surface area (Å²) in [5.41, 5.74) is 0. The highest BCUT2D eigenvalue weighted by Crippen LogP contribution is 2.26. The Bertz CT molecular complexity index is 261. The topological polar surface area (TPSA) is 18.5 Å². The van der Waals surface area contributed by atoms with Gasteiger partial charge in [-0.2, -0.15) is 0 Å². The molecule has 0 aromatic carbocycles. The second-order valence-corrected chi connectivity index (χ2v) is 15.4. The maximum Gasteiger partial charge on any atom is 0.241 e. The molecular weight excluding hydrogens is 232 g/mol. The van der Waals surface area contributed by atoms with Crippen LogP contribution in [0, 0.1) is 0 Å². The minimum Gasteiger partial charge on any atom is -0.548 e. The maximum atomic E-state index is 6.11. The predicted octanol–water partition coefficient (Wildman–Crippen LogP) is 4.13. The molecule has 0 aromatic heterocycles. The minimum absolute atomic E-state index is 0.431. The number of hydrogen-bond acceptors (Lipinski definition) is 2. The molecule has 0 saturated carbocycles. The first-order valence-corrected chi connectivity index (χ1v) is 13.0. The summed E-state index contributed by atoms with van der Waals surface area (Å²) in [7, 11) is -2.79. The first-order valence-electron chi connectivity index (χ1n) is 6.22. The molecule has 0 radical (unpaired) electrons. The van der Waals surface area contributed by atoms with Crippen molar-refractivity contribution in [2.24, 2.45) is 0 Å². The summed E-state index contributed by atoms with van der Waals surface area (Å²) in [6.07, 6.45) is 5.89. The molecule has 4 heteroatoms. The lowest BCUT2D eigenvalue weighted by Gasteiger charge is -2.31. The van der Waals surface area contributed by atoms with Crippen molar-refractivity contribution in [3.05, 3.63) is 11.8 Å². The van der Waals surface area contributed by atoms with E-state index in [-0.39, 0.29) is 0 Å². The quantitative estimate of drug-likeness (QED) is 0.706. The van der Waals surface area contributed by atoms with Gasteiger partial charge in [0.15, 0.2) is 8.32 Å². The van der Waals surface area contributed by atoms with Gasteiger partial charge in [-0.3, -0.25) is 0 Å². The van der Waals surface area contributed by atoms with Gasteiger partial charge in [0, 0.05) is 12.5 Å². The molecule has 0 fully saturated rings. The van der Waals surface area contributed by atoms with Gasteiger partial charge in [0.1, 0.15) is 0 Å². The van der Waals surface area contributed by atoms with Crippen molar-refractivity contribution in [1.82, 2.24) is 0 Å². The molecule has 1 aliphatic rings. The Morgan fingerprint density at radius 2 is 1.69 bits per heavy atom. The summed E-state index contributed by atoms with van der Waals surface area (Å²) in [5, 5.41) is 0. The number of rotatable bonds is 4. The monoisotopic (exact) mass is 258 g/mol. The van der Waals surface area contributed by atoms with Gasteiger partial charge in [-0.15, -0.1) is 0 Å². The summed E-state index contributed by atoms with van der Waals surface area (Å²) in [4.78, 5) is 0. The molecule has 0 heterocycles. The van der Waals surface area contributed by atoms with E-state index in [1.165, 1.54) is 5.76 Å². The standard InChI is InChI=1S/C12H26O2Si2/c1-15(2,3)13-11-7-9-12(10-8-11)14-16(4,5)6/h7,12H,8-10H2,1-6H3. The first-order chi connectivity index (χ1) is 7.16. The number of allylic oxidation sites excluding steroid dienone is 1. The molecule has 0 amide bonds. The first kappa shape index (κ1) is 14.0. The Hall–Kier alpha value is -0.0662. The van der Waals surface area contributed by atoms with E-state index in [4.69, 9.17) is 8.85 Å². The molecule has 0 bridgehead atoms. The molecule has 0 N–H and O–H groups in total. The van der Waals surface area contributed by atoms with Crippen LogP contribution in [0.3, 0.4) is 0 Å². The minimum atomic E-state index is -1.41. The molecule has 0 aromatic rings. The van der Waals surface area contributed by atoms with E-state index in [1.54, 1.807) is 0 Å². The SMILES string of the molecule is C[Si](C)(C)OC1=CCC(O[Si](C)(C)C)CC1. The van der Waals surface area contributed by atoms with E-state index >= 15 is 0 Å². The largest absolute Gasteiger partial charge is 0.548 e. The Kier molecular flexibility index (Phi) is 4.43. The zero-order chi connectivity index (χ0) is 12.4. The van der Waals surface area contributed by atoms with E-state index in [2.05, 4.69) is 45.4 Å². The maximum absolute atomic E-state index is 6.11. The smallest absolute Gasteiger partial charge is 0.241 e. The van der Waals surface area contributed by atoms with Crippen LogP contribution in [0.25, 0.3) is 0 Å². The van der Waals surface area contributed by atoms with Gasteiger partial charge in [-0.05, 0) is 58.2 Å². The molecule has 94 valence electrons. The van der Waals surface area contributed by atoms with Gasteiger partial charge in [-0.25, -0.2) is 0 Å². The molecule has 2 nitrogen and oxygen atoms in total. The van der Waals surface area contributed by atoms with Crippen molar-refractivity contribution < 1.29 is 8.85 Å². The van der Waals surface area contributed by atoms with Gasteiger partial charge in [0.05, 0.1) is 5.76 Å². The second-order valence-electron chi connectivity index (χ2n) is 6.51. The van der Waals surface area contributed by atoms with Gasteiger partial charge < -0.3 is 8.85 Å². The van der Waals surface area contributed by atoms with Crippen molar-refractivity contribution in [2.75, 3.05) is 0 Å².